The average molecular weight is 285 g/mol. The Morgan fingerprint density at radius 3 is 2.53 bits per heavy atom. The van der Waals surface area contributed by atoms with E-state index in [1.165, 1.54) is 15.5 Å². The summed E-state index contributed by atoms with van der Waals surface area (Å²) in [5, 5.41) is 0. The number of hydrogen-bond donors (Lipinski definition) is 0. The molecule has 2 rings (SSSR count). The molecule has 2 heterocycles. The summed E-state index contributed by atoms with van der Waals surface area (Å²) < 4.78 is 26.7. The number of sulfonamides is 1. The third-order valence-electron chi connectivity index (χ3n) is 3.29. The van der Waals surface area contributed by atoms with Gasteiger partial charge in [0.05, 0.1) is 12.8 Å². The molecule has 0 bridgehead atoms. The first kappa shape index (κ1) is 14.1. The van der Waals surface area contributed by atoms with Gasteiger partial charge >= 0.3 is 0 Å². The van der Waals surface area contributed by atoms with Crippen molar-refractivity contribution in [3.05, 3.63) is 23.5 Å². The molecular weight excluding hydrogens is 266 g/mol. The maximum Gasteiger partial charge on any atom is 0.269 e. The molecule has 0 spiro atoms. The van der Waals surface area contributed by atoms with Gasteiger partial charge in [0, 0.05) is 32.9 Å². The Balaban J connectivity index is 2.35. The SMILES string of the molecule is CN(C)C(=O)c1ccc2n1CCCN(S(C)(=O)=O)C2. The van der Waals surface area contributed by atoms with Crippen molar-refractivity contribution in [3.8, 4) is 0 Å². The number of fused-ring (bicyclic) bond motifs is 1. The van der Waals surface area contributed by atoms with Gasteiger partial charge in [-0.3, -0.25) is 4.79 Å². The molecule has 0 atom stereocenters. The third kappa shape index (κ3) is 2.82. The van der Waals surface area contributed by atoms with E-state index in [-0.39, 0.29) is 5.91 Å². The highest BCUT2D eigenvalue weighted by molar-refractivity contribution is 7.88. The molecular formula is C12H19N3O3S. The lowest BCUT2D eigenvalue weighted by Crippen LogP contribution is -2.29. The lowest BCUT2D eigenvalue weighted by molar-refractivity contribution is 0.0816. The van der Waals surface area contributed by atoms with E-state index in [1.54, 1.807) is 20.2 Å². The van der Waals surface area contributed by atoms with Gasteiger partial charge in [-0.1, -0.05) is 0 Å². The zero-order chi connectivity index (χ0) is 14.2. The highest BCUT2D eigenvalue weighted by Gasteiger charge is 2.24. The van der Waals surface area contributed by atoms with Gasteiger partial charge in [0.25, 0.3) is 5.91 Å². The van der Waals surface area contributed by atoms with Gasteiger partial charge in [0.2, 0.25) is 10.0 Å². The normalized spacial score (nSPS) is 16.8. The van der Waals surface area contributed by atoms with Crippen LogP contribution in [0.4, 0.5) is 0 Å². The summed E-state index contributed by atoms with van der Waals surface area (Å²) in [5.41, 5.74) is 1.49. The Morgan fingerprint density at radius 2 is 1.95 bits per heavy atom. The molecule has 1 aromatic rings. The molecule has 19 heavy (non-hydrogen) atoms. The van der Waals surface area contributed by atoms with Crippen LogP contribution in [0.25, 0.3) is 0 Å². The maximum atomic E-state index is 12.0. The molecule has 0 aromatic carbocycles. The number of amides is 1. The van der Waals surface area contributed by atoms with Crippen molar-refractivity contribution in [1.82, 2.24) is 13.8 Å². The second-order valence-electron chi connectivity index (χ2n) is 5.01. The minimum Gasteiger partial charge on any atom is -0.343 e. The van der Waals surface area contributed by atoms with Gasteiger partial charge in [-0.05, 0) is 18.6 Å². The lowest BCUT2D eigenvalue weighted by Gasteiger charge is -2.16. The standard InChI is InChI=1S/C12H19N3O3S/c1-13(2)12(16)11-6-5-10-9-14(19(3,17)18)7-4-8-15(10)11/h5-6H,4,7-9H2,1-3H3. The lowest BCUT2D eigenvalue weighted by atomic mass is 10.3. The van der Waals surface area contributed by atoms with E-state index < -0.39 is 10.0 Å². The van der Waals surface area contributed by atoms with E-state index in [1.807, 2.05) is 10.6 Å². The minimum absolute atomic E-state index is 0.0564. The van der Waals surface area contributed by atoms with Crippen LogP contribution >= 0.6 is 0 Å². The maximum absolute atomic E-state index is 12.0. The van der Waals surface area contributed by atoms with Gasteiger partial charge in [-0.2, -0.15) is 4.31 Å². The Bertz CT molecular complexity index is 589. The average Bonchev–Trinajstić information content (AvgIpc) is 2.56. The highest BCUT2D eigenvalue weighted by Crippen LogP contribution is 2.19. The van der Waals surface area contributed by atoms with Crippen molar-refractivity contribution in [1.29, 1.82) is 0 Å². The quantitative estimate of drug-likeness (QED) is 0.788. The van der Waals surface area contributed by atoms with Crippen molar-refractivity contribution < 1.29 is 13.2 Å². The fraction of sp³-hybridized carbons (Fsp3) is 0.583. The van der Waals surface area contributed by atoms with Crippen molar-refractivity contribution in [2.75, 3.05) is 26.9 Å². The second-order valence-corrected chi connectivity index (χ2v) is 6.99. The highest BCUT2D eigenvalue weighted by atomic mass is 32.2. The van der Waals surface area contributed by atoms with Crippen molar-refractivity contribution in [2.45, 2.75) is 19.5 Å². The number of rotatable bonds is 2. The molecule has 0 saturated heterocycles. The Labute approximate surface area is 113 Å². The van der Waals surface area contributed by atoms with Crippen molar-refractivity contribution in [2.24, 2.45) is 0 Å². The number of aromatic nitrogens is 1. The fourth-order valence-electron chi connectivity index (χ4n) is 2.28. The second kappa shape index (κ2) is 4.97. The van der Waals surface area contributed by atoms with Crippen LogP contribution in [-0.4, -0.2) is 55.0 Å². The molecule has 0 N–H and O–H groups in total. The molecule has 1 aliphatic heterocycles. The van der Waals surface area contributed by atoms with E-state index in [0.29, 0.717) is 31.7 Å². The van der Waals surface area contributed by atoms with Crippen molar-refractivity contribution in [3.63, 3.8) is 0 Å². The summed E-state index contributed by atoms with van der Waals surface area (Å²) in [6.45, 7) is 1.50. The van der Waals surface area contributed by atoms with Crippen LogP contribution in [0.2, 0.25) is 0 Å². The number of carbonyl (C=O) groups excluding carboxylic acids is 1. The van der Waals surface area contributed by atoms with Crippen molar-refractivity contribution >= 4 is 15.9 Å². The topological polar surface area (TPSA) is 62.6 Å². The molecule has 0 saturated carbocycles. The summed E-state index contributed by atoms with van der Waals surface area (Å²) in [6, 6.07) is 3.60. The predicted molar refractivity (Wildman–Crippen MR) is 72.3 cm³/mol. The Hall–Kier alpha value is -1.34. The van der Waals surface area contributed by atoms with Crippen LogP contribution < -0.4 is 0 Å². The molecule has 0 aliphatic carbocycles. The smallest absolute Gasteiger partial charge is 0.269 e. The Kier molecular flexibility index (Phi) is 3.69. The van der Waals surface area contributed by atoms with Gasteiger partial charge < -0.3 is 9.47 Å². The van der Waals surface area contributed by atoms with Crippen LogP contribution in [0.15, 0.2) is 12.1 Å². The summed E-state index contributed by atoms with van der Waals surface area (Å²) in [5.74, 6) is -0.0564. The molecule has 1 amide bonds. The number of nitrogens with zero attached hydrogens (tertiary/aromatic N) is 3. The summed E-state index contributed by atoms with van der Waals surface area (Å²) >= 11 is 0. The molecule has 0 radical (unpaired) electrons. The van der Waals surface area contributed by atoms with Crippen LogP contribution in [0.3, 0.4) is 0 Å². The minimum atomic E-state index is -3.19. The molecule has 0 unspecified atom stereocenters. The first-order chi connectivity index (χ1) is 8.80. The van der Waals surface area contributed by atoms with Gasteiger partial charge in [0.1, 0.15) is 5.69 Å². The Morgan fingerprint density at radius 1 is 1.26 bits per heavy atom. The summed E-state index contributed by atoms with van der Waals surface area (Å²) in [4.78, 5) is 13.6. The monoisotopic (exact) mass is 285 g/mol. The van der Waals surface area contributed by atoms with E-state index in [4.69, 9.17) is 0 Å². The fourth-order valence-corrected chi connectivity index (χ4v) is 3.10. The van der Waals surface area contributed by atoms with E-state index in [9.17, 15) is 13.2 Å². The van der Waals surface area contributed by atoms with E-state index in [0.717, 1.165) is 5.69 Å². The van der Waals surface area contributed by atoms with Gasteiger partial charge in [-0.15, -0.1) is 0 Å². The molecule has 7 heteroatoms. The van der Waals surface area contributed by atoms with Crippen LogP contribution in [0, 0.1) is 0 Å². The summed E-state index contributed by atoms with van der Waals surface area (Å²) in [7, 11) is 0.226. The molecule has 6 nitrogen and oxygen atoms in total. The van der Waals surface area contributed by atoms with Gasteiger partial charge in [0.15, 0.2) is 0 Å². The molecule has 106 valence electrons. The first-order valence-corrected chi connectivity index (χ1v) is 8.00. The van der Waals surface area contributed by atoms with E-state index >= 15 is 0 Å². The third-order valence-corrected chi connectivity index (χ3v) is 4.54. The number of hydrogen-bond acceptors (Lipinski definition) is 3. The van der Waals surface area contributed by atoms with E-state index in [2.05, 4.69) is 0 Å². The molecule has 1 aliphatic rings. The summed E-state index contributed by atoms with van der Waals surface area (Å²) in [6.07, 6.45) is 1.93. The van der Waals surface area contributed by atoms with Crippen LogP contribution in [0.5, 0.6) is 0 Å². The largest absolute Gasteiger partial charge is 0.343 e. The first-order valence-electron chi connectivity index (χ1n) is 6.16. The zero-order valence-corrected chi connectivity index (χ0v) is 12.3. The molecule has 0 fully saturated rings. The van der Waals surface area contributed by atoms with Crippen LogP contribution in [-0.2, 0) is 23.1 Å². The zero-order valence-electron chi connectivity index (χ0n) is 11.5. The predicted octanol–water partition coefficient (Wildman–Crippen LogP) is 0.355. The van der Waals surface area contributed by atoms with Gasteiger partial charge in [-0.25, -0.2) is 8.42 Å². The van der Waals surface area contributed by atoms with Crippen LogP contribution in [0.1, 0.15) is 22.6 Å². The number of carbonyl (C=O) groups is 1. The molecule has 1 aromatic heterocycles.